The molecular weight excluding hydrogens is 273 g/mol. The first-order chi connectivity index (χ1) is 9.30. The lowest BCUT2D eigenvalue weighted by atomic mass is 9.45. The monoisotopic (exact) mass is 290 g/mol. The molecule has 0 radical (unpaired) electrons. The average molecular weight is 290 g/mol. The molecule has 0 aromatic carbocycles. The minimum Gasteiger partial charge on any atom is -0.325 e. The van der Waals surface area contributed by atoms with E-state index in [1.165, 1.54) is 0 Å². The lowest BCUT2D eigenvalue weighted by Gasteiger charge is -2.68. The smallest absolute Gasteiger partial charge is 0.325 e. The molecule has 0 atom stereocenters. The van der Waals surface area contributed by atoms with Gasteiger partial charge in [0.15, 0.2) is 0 Å². The molecule has 4 rings (SSSR count). The molecule has 5 nitrogen and oxygen atoms in total. The lowest BCUT2D eigenvalue weighted by Crippen LogP contribution is -2.76. The molecule has 0 unspecified atom stereocenters. The summed E-state index contributed by atoms with van der Waals surface area (Å²) in [5.41, 5.74) is 6.89. The molecule has 1 aromatic heterocycles. The molecule has 0 spiro atoms. The van der Waals surface area contributed by atoms with E-state index in [2.05, 4.69) is 15.0 Å². The zero-order chi connectivity index (χ0) is 14.4. The molecule has 2 bridgehead atoms. The van der Waals surface area contributed by atoms with E-state index in [9.17, 15) is 13.2 Å². The average Bonchev–Trinajstić information content (AvgIpc) is 2.70. The number of nitrogens with zero attached hydrogens (tertiary/aromatic N) is 3. The van der Waals surface area contributed by atoms with Crippen LogP contribution >= 0.6 is 0 Å². The Labute approximate surface area is 114 Å². The second kappa shape index (κ2) is 4.42. The number of halogens is 3. The van der Waals surface area contributed by atoms with Crippen molar-refractivity contribution in [3.05, 3.63) is 11.9 Å². The van der Waals surface area contributed by atoms with Crippen LogP contribution in [-0.2, 0) is 16.7 Å². The maximum absolute atomic E-state index is 11.8. The molecule has 3 aliphatic carbocycles. The molecule has 20 heavy (non-hydrogen) atoms. The fourth-order valence-electron chi connectivity index (χ4n) is 3.29. The highest BCUT2D eigenvalue weighted by molar-refractivity contribution is 5.25. The van der Waals surface area contributed by atoms with Crippen LogP contribution in [0.25, 0.3) is 0 Å². The van der Waals surface area contributed by atoms with Crippen molar-refractivity contribution in [2.75, 3.05) is 6.61 Å². The third-order valence-corrected chi connectivity index (χ3v) is 4.16. The largest absolute Gasteiger partial charge is 0.522 e. The Morgan fingerprint density at radius 2 is 2.00 bits per heavy atom. The van der Waals surface area contributed by atoms with Gasteiger partial charge in [0.25, 0.3) is 0 Å². The van der Waals surface area contributed by atoms with Crippen LogP contribution in [0.2, 0.25) is 0 Å². The number of aryl methyl sites for hydroxylation is 1. The van der Waals surface area contributed by atoms with Gasteiger partial charge in [-0.25, -0.2) is 4.68 Å². The van der Waals surface area contributed by atoms with Crippen molar-refractivity contribution in [2.24, 2.45) is 5.73 Å². The third-order valence-electron chi connectivity index (χ3n) is 4.16. The van der Waals surface area contributed by atoms with Crippen LogP contribution in [0.1, 0.15) is 37.8 Å². The van der Waals surface area contributed by atoms with Gasteiger partial charge in [-0.1, -0.05) is 5.21 Å². The fourth-order valence-corrected chi connectivity index (χ4v) is 3.29. The van der Waals surface area contributed by atoms with Crippen LogP contribution in [-0.4, -0.2) is 33.5 Å². The summed E-state index contributed by atoms with van der Waals surface area (Å²) in [4.78, 5) is 0. The van der Waals surface area contributed by atoms with E-state index in [4.69, 9.17) is 5.73 Å². The summed E-state index contributed by atoms with van der Waals surface area (Å²) in [5.74, 6) is 0. The Bertz CT molecular complexity index is 479. The molecule has 0 saturated heterocycles. The third kappa shape index (κ3) is 2.54. The predicted octanol–water partition coefficient (Wildman–Crippen LogP) is 1.73. The Hall–Kier alpha value is -1.15. The van der Waals surface area contributed by atoms with Crippen molar-refractivity contribution in [1.82, 2.24) is 15.0 Å². The molecule has 0 aliphatic heterocycles. The highest BCUT2D eigenvalue weighted by Gasteiger charge is 2.67. The minimum atomic E-state index is -4.54. The minimum absolute atomic E-state index is 0.0149. The second-order valence-corrected chi connectivity index (χ2v) is 6.02. The van der Waals surface area contributed by atoms with Gasteiger partial charge in [-0.3, -0.25) is 4.74 Å². The van der Waals surface area contributed by atoms with Crippen molar-refractivity contribution in [3.8, 4) is 0 Å². The SMILES string of the molecule is NC12CC(n3cc(CCCCOC(F)(F)F)nn3)(C1)C2. The van der Waals surface area contributed by atoms with Crippen LogP contribution in [0.4, 0.5) is 13.2 Å². The van der Waals surface area contributed by atoms with Crippen LogP contribution in [0.3, 0.4) is 0 Å². The van der Waals surface area contributed by atoms with Gasteiger partial charge in [0.1, 0.15) is 0 Å². The highest BCUT2D eigenvalue weighted by atomic mass is 19.4. The van der Waals surface area contributed by atoms with Gasteiger partial charge >= 0.3 is 6.36 Å². The van der Waals surface area contributed by atoms with Crippen molar-refractivity contribution < 1.29 is 17.9 Å². The van der Waals surface area contributed by atoms with E-state index >= 15 is 0 Å². The summed E-state index contributed by atoms with van der Waals surface area (Å²) in [7, 11) is 0. The molecule has 8 heteroatoms. The summed E-state index contributed by atoms with van der Waals surface area (Å²) in [6, 6.07) is 0. The Balaban J connectivity index is 1.40. The maximum atomic E-state index is 11.8. The fraction of sp³-hybridized carbons (Fsp3) is 0.833. The predicted molar refractivity (Wildman–Crippen MR) is 63.7 cm³/mol. The summed E-state index contributed by atoms with van der Waals surface area (Å²) < 4.78 is 40.9. The van der Waals surface area contributed by atoms with Crippen LogP contribution < -0.4 is 5.73 Å². The molecular formula is C12H17F3N4O. The first-order valence-corrected chi connectivity index (χ1v) is 6.72. The number of nitrogens with two attached hydrogens (primary N) is 1. The molecule has 3 aliphatic rings. The van der Waals surface area contributed by atoms with E-state index in [0.29, 0.717) is 19.3 Å². The summed E-state index contributed by atoms with van der Waals surface area (Å²) >= 11 is 0. The van der Waals surface area contributed by atoms with Crippen molar-refractivity contribution >= 4 is 0 Å². The maximum Gasteiger partial charge on any atom is 0.522 e. The topological polar surface area (TPSA) is 66.0 Å². The van der Waals surface area contributed by atoms with E-state index in [1.54, 1.807) is 0 Å². The number of unbranched alkanes of at least 4 members (excludes halogenated alkanes) is 1. The molecule has 2 N–H and O–H groups in total. The zero-order valence-electron chi connectivity index (χ0n) is 11.0. The summed E-state index contributed by atoms with van der Waals surface area (Å²) in [6.45, 7) is -0.308. The number of aromatic nitrogens is 3. The number of ether oxygens (including phenoxy) is 1. The van der Waals surface area contributed by atoms with E-state index in [1.807, 2.05) is 10.9 Å². The van der Waals surface area contributed by atoms with Crippen molar-refractivity contribution in [1.29, 1.82) is 0 Å². The second-order valence-electron chi connectivity index (χ2n) is 6.02. The van der Waals surface area contributed by atoms with Gasteiger partial charge in [-0.15, -0.1) is 18.3 Å². The zero-order valence-corrected chi connectivity index (χ0v) is 11.0. The van der Waals surface area contributed by atoms with E-state index < -0.39 is 6.36 Å². The molecule has 3 saturated carbocycles. The van der Waals surface area contributed by atoms with Gasteiger partial charge in [0.2, 0.25) is 0 Å². The first-order valence-electron chi connectivity index (χ1n) is 6.72. The summed E-state index contributed by atoms with van der Waals surface area (Å²) in [6.07, 6.45) is 1.76. The van der Waals surface area contributed by atoms with Gasteiger partial charge in [0, 0.05) is 11.7 Å². The van der Waals surface area contributed by atoms with E-state index in [0.717, 1.165) is 25.0 Å². The van der Waals surface area contributed by atoms with Gasteiger partial charge < -0.3 is 5.73 Å². The Kier molecular flexibility index (Phi) is 3.06. The number of hydrogen-bond acceptors (Lipinski definition) is 4. The highest BCUT2D eigenvalue weighted by Crippen LogP contribution is 2.63. The standard InChI is InChI=1S/C12H17F3N4O/c13-12(14,15)20-4-2-1-3-9-5-19(18-17-9)11-6-10(16,7-11)8-11/h5H,1-4,6-8,16H2. The molecule has 3 fully saturated rings. The number of alkyl halides is 3. The number of rotatable bonds is 6. The quantitative estimate of drug-likeness (QED) is 0.810. The Morgan fingerprint density at radius 1 is 1.30 bits per heavy atom. The van der Waals surface area contributed by atoms with Crippen LogP contribution in [0.5, 0.6) is 0 Å². The normalized spacial score (nSPS) is 31.8. The number of hydrogen-bond donors (Lipinski definition) is 1. The van der Waals surface area contributed by atoms with Crippen molar-refractivity contribution in [3.63, 3.8) is 0 Å². The molecule has 1 aromatic rings. The van der Waals surface area contributed by atoms with Gasteiger partial charge in [-0.05, 0) is 38.5 Å². The Morgan fingerprint density at radius 3 is 2.60 bits per heavy atom. The molecule has 0 amide bonds. The molecule has 1 heterocycles. The lowest BCUT2D eigenvalue weighted by molar-refractivity contribution is -0.324. The molecule has 112 valence electrons. The van der Waals surface area contributed by atoms with Crippen LogP contribution in [0.15, 0.2) is 6.20 Å². The van der Waals surface area contributed by atoms with Gasteiger partial charge in [-0.2, -0.15) is 0 Å². The van der Waals surface area contributed by atoms with Crippen LogP contribution in [0, 0.1) is 0 Å². The van der Waals surface area contributed by atoms with Gasteiger partial charge in [0.05, 0.1) is 17.8 Å². The first kappa shape index (κ1) is 13.8. The van der Waals surface area contributed by atoms with E-state index in [-0.39, 0.29) is 17.7 Å². The van der Waals surface area contributed by atoms with Crippen molar-refractivity contribution in [2.45, 2.75) is 56.0 Å². The summed E-state index contributed by atoms with van der Waals surface area (Å²) in [5, 5.41) is 8.18.